The van der Waals surface area contributed by atoms with Crippen LogP contribution in [0.4, 0.5) is 5.82 Å². The highest BCUT2D eigenvalue weighted by atomic mass is 79.9. The number of nitrogens with two attached hydrogens (primary N) is 1. The van der Waals surface area contributed by atoms with Gasteiger partial charge in [-0.1, -0.05) is 23.9 Å². The van der Waals surface area contributed by atoms with Gasteiger partial charge in [0.1, 0.15) is 15.4 Å². The summed E-state index contributed by atoms with van der Waals surface area (Å²) in [6.45, 7) is 0. The predicted molar refractivity (Wildman–Crippen MR) is 76.7 cm³/mol. The maximum atomic E-state index is 5.76. The van der Waals surface area contributed by atoms with E-state index in [1.807, 2.05) is 24.3 Å². The first-order valence-electron chi connectivity index (χ1n) is 5.23. The molecular formula is C12H12BrN3OS. The summed E-state index contributed by atoms with van der Waals surface area (Å²) in [5.74, 6) is 2.10. The molecule has 0 aliphatic carbocycles. The van der Waals surface area contributed by atoms with E-state index in [-0.39, 0.29) is 0 Å². The number of rotatable bonds is 4. The lowest BCUT2D eigenvalue weighted by molar-refractivity contribution is 0.414. The molecule has 0 aliphatic heterocycles. The number of ether oxygens (including phenoxy) is 1. The van der Waals surface area contributed by atoms with Gasteiger partial charge in [0.25, 0.3) is 0 Å². The Bertz CT molecular complexity index is 533. The Balaban J connectivity index is 2.04. The van der Waals surface area contributed by atoms with Gasteiger partial charge in [0.15, 0.2) is 5.82 Å². The minimum Gasteiger partial charge on any atom is -0.497 e. The van der Waals surface area contributed by atoms with Gasteiger partial charge in [0.05, 0.1) is 13.3 Å². The standard InChI is InChI=1S/C12H12BrN3OS/c1-17-9-4-2-8(3-5-9)7-18-12-11(14)15-6-10(13)16-12/h2-6H,7H2,1H3,(H2,14,15). The van der Waals surface area contributed by atoms with E-state index in [2.05, 4.69) is 25.9 Å². The van der Waals surface area contributed by atoms with E-state index < -0.39 is 0 Å². The first-order chi connectivity index (χ1) is 8.69. The Hall–Kier alpha value is -1.27. The summed E-state index contributed by atoms with van der Waals surface area (Å²) in [5, 5.41) is 0.736. The number of hydrogen-bond acceptors (Lipinski definition) is 5. The van der Waals surface area contributed by atoms with E-state index in [9.17, 15) is 0 Å². The summed E-state index contributed by atoms with van der Waals surface area (Å²) in [4.78, 5) is 8.33. The molecule has 2 rings (SSSR count). The van der Waals surface area contributed by atoms with Crippen molar-refractivity contribution in [1.29, 1.82) is 0 Å². The number of anilines is 1. The molecule has 6 heteroatoms. The van der Waals surface area contributed by atoms with E-state index in [0.717, 1.165) is 16.5 Å². The van der Waals surface area contributed by atoms with Gasteiger partial charge in [-0.3, -0.25) is 0 Å². The topological polar surface area (TPSA) is 61.0 Å². The third-order valence-corrected chi connectivity index (χ3v) is 3.71. The molecule has 0 fully saturated rings. The minimum atomic E-state index is 0.455. The minimum absolute atomic E-state index is 0.455. The number of aromatic nitrogens is 2. The van der Waals surface area contributed by atoms with Gasteiger partial charge in [-0.05, 0) is 33.6 Å². The number of nitrogen functional groups attached to an aromatic ring is 1. The van der Waals surface area contributed by atoms with Crippen molar-refractivity contribution in [2.45, 2.75) is 10.8 Å². The average Bonchev–Trinajstić information content (AvgIpc) is 2.40. The molecule has 1 heterocycles. The molecule has 4 nitrogen and oxygen atoms in total. The fourth-order valence-electron chi connectivity index (χ4n) is 1.34. The van der Waals surface area contributed by atoms with E-state index in [4.69, 9.17) is 10.5 Å². The number of nitrogens with zero attached hydrogens (tertiary/aromatic N) is 2. The Labute approximate surface area is 118 Å². The molecule has 1 aromatic heterocycles. The molecule has 0 bridgehead atoms. The normalized spacial score (nSPS) is 10.3. The van der Waals surface area contributed by atoms with Crippen molar-refractivity contribution in [2.24, 2.45) is 0 Å². The molecule has 0 unspecified atom stereocenters. The largest absolute Gasteiger partial charge is 0.497 e. The van der Waals surface area contributed by atoms with Crippen LogP contribution in [-0.4, -0.2) is 17.1 Å². The molecule has 18 heavy (non-hydrogen) atoms. The zero-order chi connectivity index (χ0) is 13.0. The van der Waals surface area contributed by atoms with Crippen LogP contribution in [0.5, 0.6) is 5.75 Å². The van der Waals surface area contributed by atoms with Crippen LogP contribution < -0.4 is 10.5 Å². The predicted octanol–water partition coefficient (Wildman–Crippen LogP) is 3.12. The van der Waals surface area contributed by atoms with Crippen LogP contribution in [0.25, 0.3) is 0 Å². The summed E-state index contributed by atoms with van der Waals surface area (Å²) in [6, 6.07) is 7.92. The van der Waals surface area contributed by atoms with Crippen LogP contribution in [-0.2, 0) is 5.75 Å². The lowest BCUT2D eigenvalue weighted by atomic mass is 10.2. The van der Waals surface area contributed by atoms with Crippen LogP contribution >= 0.6 is 27.7 Å². The molecule has 0 atom stereocenters. The fourth-order valence-corrected chi connectivity index (χ4v) is 2.60. The molecule has 0 radical (unpaired) electrons. The zero-order valence-corrected chi connectivity index (χ0v) is 12.2. The van der Waals surface area contributed by atoms with Crippen molar-refractivity contribution in [1.82, 2.24) is 9.97 Å². The quantitative estimate of drug-likeness (QED) is 0.875. The fraction of sp³-hybridized carbons (Fsp3) is 0.167. The summed E-state index contributed by atoms with van der Waals surface area (Å²) < 4.78 is 5.80. The Morgan fingerprint density at radius 3 is 2.72 bits per heavy atom. The molecule has 0 saturated heterocycles. The molecule has 0 aliphatic rings. The lowest BCUT2D eigenvalue weighted by Gasteiger charge is -2.05. The van der Waals surface area contributed by atoms with Crippen LogP contribution in [0.1, 0.15) is 5.56 Å². The molecule has 1 aromatic carbocycles. The van der Waals surface area contributed by atoms with E-state index in [0.29, 0.717) is 10.4 Å². The van der Waals surface area contributed by atoms with Crippen LogP contribution in [0.3, 0.4) is 0 Å². The van der Waals surface area contributed by atoms with Gasteiger partial charge in [-0.25, -0.2) is 9.97 Å². The molecular weight excluding hydrogens is 314 g/mol. The highest BCUT2D eigenvalue weighted by Gasteiger charge is 2.05. The second-order valence-corrected chi connectivity index (χ2v) is 5.30. The average molecular weight is 326 g/mol. The first-order valence-corrected chi connectivity index (χ1v) is 7.00. The summed E-state index contributed by atoms with van der Waals surface area (Å²) in [5.41, 5.74) is 6.95. The summed E-state index contributed by atoms with van der Waals surface area (Å²) in [6.07, 6.45) is 1.59. The van der Waals surface area contributed by atoms with Gasteiger partial charge in [-0.15, -0.1) is 0 Å². The van der Waals surface area contributed by atoms with Crippen molar-refractivity contribution < 1.29 is 4.74 Å². The highest BCUT2D eigenvalue weighted by Crippen LogP contribution is 2.26. The van der Waals surface area contributed by atoms with E-state index in [1.54, 1.807) is 25.1 Å². The van der Waals surface area contributed by atoms with E-state index >= 15 is 0 Å². The Kier molecular flexibility index (Phi) is 4.43. The molecule has 0 amide bonds. The lowest BCUT2D eigenvalue weighted by Crippen LogP contribution is -1.96. The van der Waals surface area contributed by atoms with Gasteiger partial charge in [0.2, 0.25) is 0 Å². The maximum Gasteiger partial charge on any atom is 0.156 e. The Morgan fingerprint density at radius 2 is 2.06 bits per heavy atom. The first kappa shape index (κ1) is 13.2. The molecule has 94 valence electrons. The smallest absolute Gasteiger partial charge is 0.156 e. The zero-order valence-electron chi connectivity index (χ0n) is 9.76. The number of methoxy groups -OCH3 is 1. The van der Waals surface area contributed by atoms with Gasteiger partial charge in [-0.2, -0.15) is 0 Å². The van der Waals surface area contributed by atoms with Crippen molar-refractivity contribution >= 4 is 33.5 Å². The van der Waals surface area contributed by atoms with Crippen molar-refractivity contribution in [3.63, 3.8) is 0 Å². The van der Waals surface area contributed by atoms with Crippen LogP contribution in [0.15, 0.2) is 40.1 Å². The van der Waals surface area contributed by atoms with Crippen LogP contribution in [0, 0.1) is 0 Å². The van der Waals surface area contributed by atoms with Crippen molar-refractivity contribution in [2.75, 3.05) is 12.8 Å². The Morgan fingerprint density at radius 1 is 1.33 bits per heavy atom. The number of thioether (sulfide) groups is 1. The van der Waals surface area contributed by atoms with E-state index in [1.165, 1.54) is 5.56 Å². The van der Waals surface area contributed by atoms with Crippen molar-refractivity contribution in [3.05, 3.63) is 40.6 Å². The monoisotopic (exact) mass is 325 g/mol. The molecule has 2 N–H and O–H groups in total. The summed E-state index contributed by atoms with van der Waals surface area (Å²) in [7, 11) is 1.65. The highest BCUT2D eigenvalue weighted by molar-refractivity contribution is 9.10. The second-order valence-electron chi connectivity index (χ2n) is 3.52. The summed E-state index contributed by atoms with van der Waals surface area (Å²) >= 11 is 4.84. The van der Waals surface area contributed by atoms with Gasteiger partial charge in [0, 0.05) is 5.75 Å². The number of halogens is 1. The number of benzene rings is 1. The van der Waals surface area contributed by atoms with Gasteiger partial charge >= 0.3 is 0 Å². The van der Waals surface area contributed by atoms with Gasteiger partial charge < -0.3 is 10.5 Å². The third-order valence-electron chi connectivity index (χ3n) is 2.27. The third kappa shape index (κ3) is 3.36. The second kappa shape index (κ2) is 6.06. The molecule has 0 saturated carbocycles. The molecule has 0 spiro atoms. The SMILES string of the molecule is COc1ccc(CSc2nc(Br)cnc2N)cc1. The number of hydrogen-bond donors (Lipinski definition) is 1. The van der Waals surface area contributed by atoms with Crippen molar-refractivity contribution in [3.8, 4) is 5.75 Å². The van der Waals surface area contributed by atoms with Crippen LogP contribution in [0.2, 0.25) is 0 Å². The molecule has 2 aromatic rings. The maximum absolute atomic E-state index is 5.76.